The number of hydrogen-bond donors (Lipinski definition) is 0. The van der Waals surface area contributed by atoms with Gasteiger partial charge in [-0.2, -0.15) is 0 Å². The number of fused-ring (bicyclic) bond motifs is 4. The first-order valence-corrected chi connectivity index (χ1v) is 29.9. The summed E-state index contributed by atoms with van der Waals surface area (Å²) in [4.78, 5) is 4.73. The van der Waals surface area contributed by atoms with Crippen molar-refractivity contribution < 1.29 is 47.7 Å². The number of aromatic nitrogens is 4. The van der Waals surface area contributed by atoms with Crippen molar-refractivity contribution in [1.29, 1.82) is 0 Å². The van der Waals surface area contributed by atoms with Crippen molar-refractivity contribution in [2.24, 2.45) is 0 Å². The van der Waals surface area contributed by atoms with Gasteiger partial charge < -0.3 is 4.74 Å². The molecule has 87 heavy (non-hydrogen) atoms. The van der Waals surface area contributed by atoms with E-state index in [2.05, 4.69) is 12.4 Å². The van der Waals surface area contributed by atoms with Gasteiger partial charge in [-0.1, -0.05) is 271 Å². The van der Waals surface area contributed by atoms with Crippen molar-refractivity contribution in [2.75, 3.05) is 0 Å². The predicted octanol–water partition coefficient (Wildman–Crippen LogP) is 17.3. The third kappa shape index (κ3) is 9.96. The second kappa shape index (κ2) is 22.0. The molecule has 3 aromatic heterocycles. The Kier molecular flexibility index (Phi) is 8.07. The summed E-state index contributed by atoms with van der Waals surface area (Å²) in [5.41, 5.74) is 2.22. The lowest BCUT2D eigenvalue weighted by Crippen LogP contribution is -2.74. The first kappa shape index (κ1) is 31.8. The van der Waals surface area contributed by atoms with Gasteiger partial charge in [-0.25, -0.2) is 4.98 Å². The summed E-state index contributed by atoms with van der Waals surface area (Å²) in [6, 6.07) is 14.4. The number of imidazole rings is 1. The van der Waals surface area contributed by atoms with Crippen LogP contribution in [-0.2, 0) is 10.8 Å². The summed E-state index contributed by atoms with van der Waals surface area (Å²) in [5, 5.41) is -1.17. The average Bonchev–Trinajstić information content (AvgIpc) is 1.17. The Morgan fingerprint density at radius 2 is 1.02 bits per heavy atom. The number of rotatable bonds is 12. The second-order valence-corrected chi connectivity index (χ2v) is 26.5. The van der Waals surface area contributed by atoms with Crippen LogP contribution in [0, 0.1) is 13.2 Å². The molecule has 0 unspecified atom stereocenters. The summed E-state index contributed by atoms with van der Waals surface area (Å²) in [7, 11) is -5.85. The Bertz CT molecular complexity index is 6210. The number of hydrogen-bond acceptors (Lipinski definition) is 2. The molecule has 14 aromatic rings. The number of para-hydroxylation sites is 2. The van der Waals surface area contributed by atoms with Crippen LogP contribution in [0.3, 0.4) is 0 Å². The average molecular weight is 1170 g/mol. The minimum atomic E-state index is -5.85. The topological polar surface area (TPSA) is 35.9 Å². The number of aryl methyl sites for hydroxylation is 1. The summed E-state index contributed by atoms with van der Waals surface area (Å²) < 4.78 is 268. The van der Waals surface area contributed by atoms with E-state index in [1.807, 2.05) is 65.8 Å². The van der Waals surface area contributed by atoms with Crippen molar-refractivity contribution in [3.8, 4) is 62.1 Å². The fourth-order valence-electron chi connectivity index (χ4n) is 11.3. The molecule has 0 aliphatic heterocycles. The SMILES string of the molecule is [2H]c1c([2H])c([2H])c(-c2cnc(-n3c4ccccc4c4ccc(Oc5cccc(-n6[c-][n+](-c7c(-c8cc(C(C)(C)C)cc(C(C)(C)C)c8)cccc7-c7c([2H])c([2H])c([2H])c([2H])c7[2H])c7ccc([Si](c8c([2H])c([2H])c([2H])c([2H])c8[2H])(c8c([2H])c([2H])c([2H])c([2H])c8[2H])c8c([2H])c([2H])c([2H])c([2H])c8[2H])cc76)c5)cc43)cc2C([2H])([2H])[2H])c([2H])c1[2H]. The van der Waals surface area contributed by atoms with E-state index in [-0.39, 0.29) is 72.7 Å². The lowest BCUT2D eigenvalue weighted by Gasteiger charge is -2.34. The quantitative estimate of drug-likeness (QED) is 0.0529. The zero-order valence-corrected chi connectivity index (χ0v) is 48.9. The number of pyridine rings is 1. The van der Waals surface area contributed by atoms with Crippen LogP contribution >= 0.6 is 0 Å². The van der Waals surface area contributed by atoms with Gasteiger partial charge in [-0.05, 0) is 125 Å². The van der Waals surface area contributed by atoms with E-state index in [1.165, 1.54) is 28.8 Å². The Labute approximate surface area is 551 Å². The van der Waals surface area contributed by atoms with Crippen molar-refractivity contribution in [1.82, 2.24) is 14.1 Å². The largest absolute Gasteiger partial charge is 0.458 e. The molecule has 0 fully saturated rings. The van der Waals surface area contributed by atoms with Crippen molar-refractivity contribution in [3.05, 3.63) is 308 Å². The van der Waals surface area contributed by atoms with Crippen LogP contribution in [0.5, 0.6) is 11.5 Å². The first-order chi connectivity index (χ1) is 53.9. The Hall–Kier alpha value is -10.1. The molecule has 0 aliphatic carbocycles. The van der Waals surface area contributed by atoms with Gasteiger partial charge in [0.25, 0.3) is 6.33 Å². The Balaban J connectivity index is 1.10. The third-order valence-electron chi connectivity index (χ3n) is 15.6. The molecule has 0 saturated heterocycles. The van der Waals surface area contributed by atoms with Gasteiger partial charge in [0.15, 0.2) is 8.07 Å². The summed E-state index contributed by atoms with van der Waals surface area (Å²) in [6.07, 6.45) is 4.68. The highest BCUT2D eigenvalue weighted by Gasteiger charge is 2.42. The smallest absolute Gasteiger partial charge is 0.269 e. The van der Waals surface area contributed by atoms with Crippen LogP contribution in [0.1, 0.15) is 96.6 Å². The Morgan fingerprint density at radius 1 is 0.471 bits per heavy atom. The van der Waals surface area contributed by atoms with Gasteiger partial charge in [-0.3, -0.25) is 13.7 Å². The zero-order valence-electron chi connectivity index (χ0n) is 75.9. The summed E-state index contributed by atoms with van der Waals surface area (Å²) >= 11 is 0. The Morgan fingerprint density at radius 3 is 1.63 bits per heavy atom. The van der Waals surface area contributed by atoms with Crippen LogP contribution in [0.15, 0.2) is 285 Å². The van der Waals surface area contributed by atoms with Gasteiger partial charge in [0.1, 0.15) is 17.3 Å². The van der Waals surface area contributed by atoms with Crippen molar-refractivity contribution in [3.63, 3.8) is 0 Å². The highest BCUT2D eigenvalue weighted by Crippen LogP contribution is 2.40. The van der Waals surface area contributed by atoms with E-state index in [1.54, 1.807) is 81.9 Å². The molecule has 0 radical (unpaired) electrons. The lowest BCUT2D eigenvalue weighted by atomic mass is 9.78. The molecule has 14 rings (SSSR count). The van der Waals surface area contributed by atoms with Crippen LogP contribution in [0.4, 0.5) is 0 Å². The molecule has 0 saturated carbocycles. The van der Waals surface area contributed by atoms with E-state index in [0.29, 0.717) is 32.9 Å². The second-order valence-electron chi connectivity index (χ2n) is 22.9. The highest BCUT2D eigenvalue weighted by atomic mass is 28.3. The highest BCUT2D eigenvalue weighted by molar-refractivity contribution is 7.20. The van der Waals surface area contributed by atoms with E-state index in [4.69, 9.17) is 28.9 Å². The van der Waals surface area contributed by atoms with Crippen molar-refractivity contribution >= 4 is 61.7 Å². The normalized spacial score (nSPS) is 16.8. The van der Waals surface area contributed by atoms with Crippen LogP contribution in [0.25, 0.3) is 83.4 Å². The minimum absolute atomic E-state index is 0.00622. The molecule has 6 heteroatoms. The molecular formula is C81H68N4OSi. The minimum Gasteiger partial charge on any atom is -0.458 e. The maximum absolute atomic E-state index is 9.92. The summed E-state index contributed by atoms with van der Waals surface area (Å²) in [6.45, 7) is 9.36. The molecular weight excluding hydrogens is 1070 g/mol. The third-order valence-corrected chi connectivity index (χ3v) is 19.7. The molecule has 0 aliphatic rings. The zero-order chi connectivity index (χ0) is 83.7. The van der Waals surface area contributed by atoms with Gasteiger partial charge in [-0.15, -0.1) is 0 Å². The monoisotopic (exact) mass is 1170 g/mol. The molecule has 0 N–H and O–H groups in total. The standard InChI is InChI=1S/C81H68N4OSi/c1-56-47-78(82-54-73(56)58-29-15-9-16-30-58)85-74-42-24-23-39-71(74)72-45-43-64(52-76(72)85)86-63-32-25-31-62(51-63)83-55-84(79-69(57-27-13-8-14-28-57)40-26-41-70(79)59-48-60(80(2,3)4)50-61(49-59)81(5,6)7)75-46-44-68(53-77(75)83)87(65-33-17-10-18-34-65,66-35-19-11-20-36-66)67-37-21-12-22-38-67/h8-54H,1-7H3/i1D3,8D,9D,10D,11D,12D,13D,14D,15D,16D,17D,18D,19D,20D,21D,22D,27D,28D,29D,30D,33D,34D,35D,36D,37D,38D. The fraction of sp³-hybridized carbons (Fsp3) is 0.111. The summed E-state index contributed by atoms with van der Waals surface area (Å²) in [5.74, 6) is 0.383. The van der Waals surface area contributed by atoms with E-state index in [9.17, 15) is 19.2 Å². The van der Waals surface area contributed by atoms with E-state index >= 15 is 0 Å². The number of nitrogens with zero attached hydrogens (tertiary/aromatic N) is 4. The van der Waals surface area contributed by atoms with Crippen LogP contribution in [-0.4, -0.2) is 22.2 Å². The molecule has 0 bridgehead atoms. The maximum Gasteiger partial charge on any atom is 0.269 e. The predicted molar refractivity (Wildman–Crippen MR) is 364 cm³/mol. The molecule has 0 spiro atoms. The molecule has 0 amide bonds. The van der Waals surface area contributed by atoms with E-state index < -0.39 is 192 Å². The fourth-order valence-corrected chi connectivity index (χ4v) is 15.1. The molecule has 11 aromatic carbocycles. The molecule has 0 atom stereocenters. The lowest BCUT2D eigenvalue weighted by molar-refractivity contribution is -0.571. The van der Waals surface area contributed by atoms with Crippen molar-refractivity contribution in [2.45, 2.75) is 59.2 Å². The van der Waals surface area contributed by atoms with E-state index in [0.717, 1.165) is 17.3 Å². The van der Waals surface area contributed by atoms with Gasteiger partial charge in [0, 0.05) is 32.7 Å². The van der Waals surface area contributed by atoms with Gasteiger partial charge >= 0.3 is 0 Å². The maximum atomic E-state index is 9.92. The van der Waals surface area contributed by atoms with Crippen LogP contribution < -0.4 is 30.1 Å². The number of benzene rings is 11. The molecule has 3 heterocycles. The van der Waals surface area contributed by atoms with Gasteiger partial charge in [0.2, 0.25) is 0 Å². The van der Waals surface area contributed by atoms with Gasteiger partial charge in [0.05, 0.1) is 67.7 Å². The number of ether oxygens (including phenoxy) is 1. The van der Waals surface area contributed by atoms with Crippen LogP contribution in [0.2, 0.25) is 0 Å². The molecule has 422 valence electrons. The molecule has 5 nitrogen and oxygen atoms in total. The first-order valence-electron chi connectivity index (χ1n) is 41.9.